The third-order valence-corrected chi connectivity index (χ3v) is 4.84. The number of pyridine rings is 1. The van der Waals surface area contributed by atoms with E-state index in [1.807, 2.05) is 19.9 Å². The predicted molar refractivity (Wildman–Crippen MR) is 115 cm³/mol. The number of hydrogen-bond acceptors (Lipinski definition) is 6. The second-order valence-electron chi connectivity index (χ2n) is 7.00. The standard InChI is InChI=1S/C22H26N6O2/c1-3-30-14-18-27-19-20(15(2)13-26-21(19)24)28(18)10-5-4-9-25-22(29)17-8-6-7-16(11-17)12-23/h6-8,11,13H,3-5,9-10,14H2,1-2H3,(H2,24,26)(H,25,29). The highest BCUT2D eigenvalue weighted by atomic mass is 16.5. The zero-order valence-electron chi connectivity index (χ0n) is 17.3. The second kappa shape index (κ2) is 9.85. The molecule has 0 atom stereocenters. The fourth-order valence-electron chi connectivity index (χ4n) is 3.34. The van der Waals surface area contributed by atoms with Crippen LogP contribution in [0.25, 0.3) is 11.0 Å². The van der Waals surface area contributed by atoms with Crippen LogP contribution < -0.4 is 11.1 Å². The van der Waals surface area contributed by atoms with Crippen molar-refractivity contribution in [3.63, 3.8) is 0 Å². The number of benzene rings is 1. The Labute approximate surface area is 175 Å². The summed E-state index contributed by atoms with van der Waals surface area (Å²) < 4.78 is 7.71. The number of anilines is 1. The van der Waals surface area contributed by atoms with Gasteiger partial charge in [0.2, 0.25) is 0 Å². The second-order valence-corrected chi connectivity index (χ2v) is 7.00. The first-order chi connectivity index (χ1) is 14.5. The lowest BCUT2D eigenvalue weighted by atomic mass is 10.1. The molecule has 3 aromatic rings. The molecule has 3 rings (SSSR count). The molecule has 0 aliphatic carbocycles. The van der Waals surface area contributed by atoms with Crippen LogP contribution in [0.5, 0.6) is 0 Å². The number of carbonyl (C=O) groups excluding carboxylic acids is 1. The highest BCUT2D eigenvalue weighted by Gasteiger charge is 2.15. The fourth-order valence-corrected chi connectivity index (χ4v) is 3.34. The number of carbonyl (C=O) groups is 1. The lowest BCUT2D eigenvalue weighted by Gasteiger charge is -2.11. The Morgan fingerprint density at radius 1 is 1.37 bits per heavy atom. The van der Waals surface area contributed by atoms with Crippen LogP contribution in [0.1, 0.15) is 47.1 Å². The highest BCUT2D eigenvalue weighted by Crippen LogP contribution is 2.24. The van der Waals surface area contributed by atoms with Crippen LogP contribution >= 0.6 is 0 Å². The van der Waals surface area contributed by atoms with E-state index in [2.05, 4.69) is 19.9 Å². The molecule has 0 fully saturated rings. The molecule has 0 aliphatic heterocycles. The SMILES string of the molecule is CCOCc1nc2c(N)ncc(C)c2n1CCCCNC(=O)c1cccc(C#N)c1. The molecule has 30 heavy (non-hydrogen) atoms. The van der Waals surface area contributed by atoms with Crippen molar-refractivity contribution in [2.24, 2.45) is 0 Å². The molecule has 0 saturated heterocycles. The van der Waals surface area contributed by atoms with Crippen molar-refractivity contribution in [2.75, 3.05) is 18.9 Å². The summed E-state index contributed by atoms with van der Waals surface area (Å²) in [5, 5.41) is 11.9. The third-order valence-electron chi connectivity index (χ3n) is 4.84. The van der Waals surface area contributed by atoms with Crippen molar-refractivity contribution in [1.29, 1.82) is 5.26 Å². The number of nitrogens with two attached hydrogens (primary N) is 1. The number of aryl methyl sites for hydroxylation is 2. The largest absolute Gasteiger partial charge is 0.382 e. The number of nitrogens with one attached hydrogen (secondary N) is 1. The minimum Gasteiger partial charge on any atom is -0.382 e. The average Bonchev–Trinajstić information content (AvgIpc) is 3.14. The minimum absolute atomic E-state index is 0.174. The van der Waals surface area contributed by atoms with E-state index < -0.39 is 0 Å². The molecular weight excluding hydrogens is 380 g/mol. The van der Waals surface area contributed by atoms with Gasteiger partial charge in [-0.2, -0.15) is 5.26 Å². The quantitative estimate of drug-likeness (QED) is 0.527. The van der Waals surface area contributed by atoms with Crippen molar-refractivity contribution in [2.45, 2.75) is 39.8 Å². The first kappa shape index (κ1) is 21.3. The maximum Gasteiger partial charge on any atom is 0.251 e. The Bertz CT molecular complexity index is 1080. The Morgan fingerprint density at radius 2 is 2.20 bits per heavy atom. The number of nitrogens with zero attached hydrogens (tertiary/aromatic N) is 4. The van der Waals surface area contributed by atoms with Crippen molar-refractivity contribution in [1.82, 2.24) is 19.9 Å². The number of fused-ring (bicyclic) bond motifs is 1. The molecular formula is C22H26N6O2. The molecule has 0 bridgehead atoms. The van der Waals surface area contributed by atoms with Gasteiger partial charge in [-0.25, -0.2) is 9.97 Å². The molecule has 0 saturated carbocycles. The van der Waals surface area contributed by atoms with E-state index in [4.69, 9.17) is 15.7 Å². The predicted octanol–water partition coefficient (Wildman–Crippen LogP) is 2.94. The first-order valence-corrected chi connectivity index (χ1v) is 10.0. The number of aromatic nitrogens is 3. The van der Waals surface area contributed by atoms with Crippen LogP contribution in [0, 0.1) is 18.3 Å². The highest BCUT2D eigenvalue weighted by molar-refractivity contribution is 5.94. The van der Waals surface area contributed by atoms with E-state index in [0.717, 1.165) is 36.3 Å². The van der Waals surface area contributed by atoms with Crippen molar-refractivity contribution < 1.29 is 9.53 Å². The van der Waals surface area contributed by atoms with Crippen LogP contribution in [0.15, 0.2) is 30.5 Å². The average molecular weight is 406 g/mol. The molecule has 0 aliphatic rings. The Hall–Kier alpha value is -3.44. The Balaban J connectivity index is 1.62. The summed E-state index contributed by atoms with van der Waals surface area (Å²) in [6.45, 7) is 6.25. The smallest absolute Gasteiger partial charge is 0.251 e. The van der Waals surface area contributed by atoms with Gasteiger partial charge in [-0.05, 0) is 50.5 Å². The third kappa shape index (κ3) is 4.75. The number of amides is 1. The topological polar surface area (TPSA) is 119 Å². The minimum atomic E-state index is -0.174. The van der Waals surface area contributed by atoms with Gasteiger partial charge in [0.15, 0.2) is 5.82 Å². The lowest BCUT2D eigenvalue weighted by molar-refractivity contribution is 0.0953. The van der Waals surface area contributed by atoms with Crippen LogP contribution in [0.4, 0.5) is 5.82 Å². The van der Waals surface area contributed by atoms with Crippen LogP contribution in [-0.2, 0) is 17.9 Å². The normalized spacial score (nSPS) is 10.8. The molecule has 8 nitrogen and oxygen atoms in total. The summed E-state index contributed by atoms with van der Waals surface area (Å²) in [6, 6.07) is 8.73. The van der Waals surface area contributed by atoms with Gasteiger partial charge < -0.3 is 20.4 Å². The molecule has 0 spiro atoms. The van der Waals surface area contributed by atoms with Gasteiger partial charge in [0, 0.05) is 31.5 Å². The van der Waals surface area contributed by atoms with Crippen LogP contribution in [0.3, 0.4) is 0 Å². The van der Waals surface area contributed by atoms with Crippen molar-refractivity contribution in [3.8, 4) is 6.07 Å². The number of nitriles is 1. The number of rotatable bonds is 9. The first-order valence-electron chi connectivity index (χ1n) is 10.0. The van der Waals surface area contributed by atoms with E-state index in [9.17, 15) is 4.79 Å². The molecule has 0 unspecified atom stereocenters. The van der Waals surface area contributed by atoms with Gasteiger partial charge in [-0.15, -0.1) is 0 Å². The van der Waals surface area contributed by atoms with Crippen molar-refractivity contribution in [3.05, 3.63) is 53.0 Å². The summed E-state index contributed by atoms with van der Waals surface area (Å²) in [5.74, 6) is 1.07. The molecule has 0 radical (unpaired) electrons. The summed E-state index contributed by atoms with van der Waals surface area (Å²) >= 11 is 0. The van der Waals surface area contributed by atoms with E-state index in [-0.39, 0.29) is 5.91 Å². The molecule has 156 valence electrons. The summed E-state index contributed by atoms with van der Waals surface area (Å²) in [7, 11) is 0. The molecule has 8 heteroatoms. The van der Waals surface area contributed by atoms with Crippen LogP contribution in [-0.4, -0.2) is 33.6 Å². The number of imidazole rings is 1. The van der Waals surface area contributed by atoms with E-state index in [0.29, 0.717) is 42.2 Å². The zero-order valence-corrected chi connectivity index (χ0v) is 17.3. The van der Waals surface area contributed by atoms with Gasteiger partial charge in [-0.1, -0.05) is 6.07 Å². The van der Waals surface area contributed by atoms with Crippen LogP contribution in [0.2, 0.25) is 0 Å². The van der Waals surface area contributed by atoms with E-state index >= 15 is 0 Å². The van der Waals surface area contributed by atoms with Gasteiger partial charge >= 0.3 is 0 Å². The maximum absolute atomic E-state index is 12.3. The Kier molecular flexibility index (Phi) is 6.99. The Morgan fingerprint density at radius 3 is 2.97 bits per heavy atom. The van der Waals surface area contributed by atoms with Gasteiger partial charge in [0.1, 0.15) is 17.9 Å². The molecule has 1 aromatic carbocycles. The zero-order chi connectivity index (χ0) is 21.5. The number of hydrogen-bond donors (Lipinski definition) is 2. The number of unbranched alkanes of at least 4 members (excludes halogenated alkanes) is 1. The summed E-state index contributed by atoms with van der Waals surface area (Å²) in [5.41, 5.74) is 9.69. The van der Waals surface area contributed by atoms with Gasteiger partial charge in [-0.3, -0.25) is 4.79 Å². The molecule has 2 heterocycles. The maximum atomic E-state index is 12.3. The number of nitrogen functional groups attached to an aromatic ring is 1. The molecule has 3 N–H and O–H groups in total. The van der Waals surface area contributed by atoms with Crippen molar-refractivity contribution >= 4 is 22.8 Å². The van der Waals surface area contributed by atoms with E-state index in [1.165, 1.54) is 0 Å². The van der Waals surface area contributed by atoms with E-state index in [1.54, 1.807) is 30.5 Å². The molecule has 1 amide bonds. The summed E-state index contributed by atoms with van der Waals surface area (Å²) in [6.07, 6.45) is 3.41. The molecule has 2 aromatic heterocycles. The lowest BCUT2D eigenvalue weighted by Crippen LogP contribution is -2.24. The fraction of sp³-hybridized carbons (Fsp3) is 0.364. The van der Waals surface area contributed by atoms with Gasteiger partial charge in [0.05, 0.1) is 17.1 Å². The summed E-state index contributed by atoms with van der Waals surface area (Å²) in [4.78, 5) is 21.1. The van der Waals surface area contributed by atoms with Gasteiger partial charge in [0.25, 0.3) is 5.91 Å². The number of ether oxygens (including phenoxy) is 1. The monoisotopic (exact) mass is 406 g/mol.